The number of hydrogen-bond donors (Lipinski definition) is 4. The van der Waals surface area contributed by atoms with Gasteiger partial charge in [0.15, 0.2) is 5.76 Å². The van der Waals surface area contributed by atoms with E-state index in [4.69, 9.17) is 10.3 Å². The molecule has 2 heterocycles. The Labute approximate surface area is 154 Å². The molecule has 132 valence electrons. The van der Waals surface area contributed by atoms with E-state index >= 15 is 0 Å². The van der Waals surface area contributed by atoms with Gasteiger partial charge in [-0.05, 0) is 52.6 Å². The number of hydrazine groups is 1. The average molecular weight is 357 g/mol. The standard InChI is InChI=1S/C20H16N6O/c21-16-6-2-4-13(10-16)12-3-1-5-14(9-12)19-17-11-15(20-22-25-26-23-20)7-8-18(17)24-27-19/h1-11,25-26H,21H2,(H,22,23)/p+1. The Bertz CT molecular complexity index is 1180. The van der Waals surface area contributed by atoms with Crippen molar-refractivity contribution in [1.29, 1.82) is 0 Å². The first kappa shape index (κ1) is 15.6. The molecular weight excluding hydrogens is 340 g/mol. The van der Waals surface area contributed by atoms with E-state index < -0.39 is 0 Å². The molecule has 6 N–H and O–H groups in total. The van der Waals surface area contributed by atoms with Crippen molar-refractivity contribution in [1.82, 2.24) is 16.1 Å². The van der Waals surface area contributed by atoms with Crippen LogP contribution in [0.4, 0.5) is 5.69 Å². The molecule has 1 aromatic heterocycles. The minimum atomic E-state index is 0.730. The number of benzene rings is 3. The van der Waals surface area contributed by atoms with Gasteiger partial charge in [0.1, 0.15) is 5.52 Å². The number of nitrogens with zero attached hydrogens (tertiary/aromatic N) is 2. The van der Waals surface area contributed by atoms with Crippen molar-refractivity contribution in [3.8, 4) is 22.5 Å². The largest absolute Gasteiger partial charge is 0.399 e. The third-order valence-corrected chi connectivity index (χ3v) is 4.54. The van der Waals surface area contributed by atoms with E-state index in [0.717, 1.165) is 50.4 Å². The number of fused-ring (bicyclic) bond motifs is 1. The predicted octanol–water partition coefficient (Wildman–Crippen LogP) is 1.99. The molecule has 1 aliphatic heterocycles. The average Bonchev–Trinajstić information content (AvgIpc) is 3.37. The zero-order chi connectivity index (χ0) is 18.2. The third kappa shape index (κ3) is 2.80. The number of aromatic nitrogens is 1. The van der Waals surface area contributed by atoms with Gasteiger partial charge in [0.25, 0.3) is 0 Å². The van der Waals surface area contributed by atoms with Gasteiger partial charge >= 0.3 is 0 Å². The van der Waals surface area contributed by atoms with Gasteiger partial charge in [-0.3, -0.25) is 5.43 Å². The molecule has 0 aliphatic carbocycles. The van der Waals surface area contributed by atoms with Crippen LogP contribution < -0.4 is 22.2 Å². The van der Waals surface area contributed by atoms with E-state index in [1.807, 2.05) is 54.6 Å². The van der Waals surface area contributed by atoms with Crippen LogP contribution >= 0.6 is 0 Å². The summed E-state index contributed by atoms with van der Waals surface area (Å²) in [6.07, 6.45) is 0. The highest BCUT2D eigenvalue weighted by atomic mass is 16.5. The van der Waals surface area contributed by atoms with E-state index in [2.05, 4.69) is 33.4 Å². The van der Waals surface area contributed by atoms with Gasteiger partial charge < -0.3 is 10.3 Å². The van der Waals surface area contributed by atoms with Gasteiger partial charge in [-0.25, -0.2) is 0 Å². The highest BCUT2D eigenvalue weighted by molar-refractivity contribution is 6.03. The number of amidine groups is 1. The van der Waals surface area contributed by atoms with Crippen LogP contribution in [0.3, 0.4) is 0 Å². The van der Waals surface area contributed by atoms with Crippen molar-refractivity contribution >= 4 is 22.4 Å². The van der Waals surface area contributed by atoms with Crippen LogP contribution in [-0.4, -0.2) is 11.0 Å². The Morgan fingerprint density at radius 3 is 2.48 bits per heavy atom. The molecule has 0 unspecified atom stereocenters. The van der Waals surface area contributed by atoms with Crippen LogP contribution in [0.2, 0.25) is 0 Å². The lowest BCUT2D eigenvalue weighted by molar-refractivity contribution is -0.713. The number of nitrogens with one attached hydrogen (secondary N) is 2. The number of anilines is 1. The molecule has 0 amide bonds. The predicted molar refractivity (Wildman–Crippen MR) is 104 cm³/mol. The van der Waals surface area contributed by atoms with Crippen LogP contribution in [-0.2, 0) is 0 Å². The quantitative estimate of drug-likeness (QED) is 0.331. The fourth-order valence-corrected chi connectivity index (χ4v) is 3.23. The summed E-state index contributed by atoms with van der Waals surface area (Å²) < 4.78 is 5.67. The Kier molecular flexibility index (Phi) is 3.60. The molecule has 0 saturated carbocycles. The highest BCUT2D eigenvalue weighted by Crippen LogP contribution is 2.32. The second-order valence-corrected chi connectivity index (χ2v) is 6.33. The van der Waals surface area contributed by atoms with E-state index in [0.29, 0.717) is 0 Å². The lowest BCUT2D eigenvalue weighted by atomic mass is 10.00. The monoisotopic (exact) mass is 357 g/mol. The Morgan fingerprint density at radius 1 is 0.852 bits per heavy atom. The van der Waals surface area contributed by atoms with Crippen LogP contribution in [0.25, 0.3) is 33.4 Å². The molecule has 27 heavy (non-hydrogen) atoms. The lowest BCUT2D eigenvalue weighted by Gasteiger charge is -2.05. The second kappa shape index (κ2) is 6.24. The first-order valence-corrected chi connectivity index (χ1v) is 8.55. The fraction of sp³-hybridized carbons (Fsp3) is 0. The van der Waals surface area contributed by atoms with E-state index in [9.17, 15) is 0 Å². The molecule has 7 heteroatoms. The number of hydrogen-bond acceptors (Lipinski definition) is 6. The summed E-state index contributed by atoms with van der Waals surface area (Å²) in [5.74, 6) is 1.49. The normalized spacial score (nSPS) is 13.6. The van der Waals surface area contributed by atoms with Gasteiger partial charge in [0, 0.05) is 16.8 Å². The number of rotatable bonds is 3. The molecule has 3 aromatic carbocycles. The molecule has 0 radical (unpaired) electrons. The van der Waals surface area contributed by atoms with Crippen molar-refractivity contribution in [3.63, 3.8) is 0 Å². The van der Waals surface area contributed by atoms with Crippen LogP contribution in [0.5, 0.6) is 0 Å². The maximum Gasteiger partial charge on any atom is 0.209 e. The summed E-state index contributed by atoms with van der Waals surface area (Å²) in [4.78, 5) is 0. The summed E-state index contributed by atoms with van der Waals surface area (Å²) >= 11 is 0. The Morgan fingerprint density at radius 2 is 1.67 bits per heavy atom. The lowest BCUT2D eigenvalue weighted by Crippen LogP contribution is -2.87. The van der Waals surface area contributed by atoms with E-state index in [-0.39, 0.29) is 0 Å². The summed E-state index contributed by atoms with van der Waals surface area (Å²) in [5.41, 5.74) is 19.0. The summed E-state index contributed by atoms with van der Waals surface area (Å²) in [6.45, 7) is 0. The molecule has 0 bridgehead atoms. The second-order valence-electron chi connectivity index (χ2n) is 6.33. The minimum Gasteiger partial charge on any atom is -0.399 e. The number of quaternary nitrogens is 1. The summed E-state index contributed by atoms with van der Waals surface area (Å²) in [6, 6.07) is 21.9. The zero-order valence-electron chi connectivity index (χ0n) is 14.3. The Balaban J connectivity index is 1.61. The van der Waals surface area contributed by atoms with Gasteiger partial charge in [-0.15, -0.1) is 5.53 Å². The zero-order valence-corrected chi connectivity index (χ0v) is 14.3. The molecule has 4 aromatic rings. The van der Waals surface area contributed by atoms with E-state index in [1.165, 1.54) is 0 Å². The van der Waals surface area contributed by atoms with Crippen molar-refractivity contribution < 1.29 is 10.1 Å². The van der Waals surface area contributed by atoms with Gasteiger partial charge in [0.05, 0.1) is 5.39 Å². The highest BCUT2D eigenvalue weighted by Gasteiger charge is 2.16. The Hall–Kier alpha value is -3.68. The summed E-state index contributed by atoms with van der Waals surface area (Å²) in [7, 11) is 0. The van der Waals surface area contributed by atoms with Crippen molar-refractivity contribution in [2.45, 2.75) is 0 Å². The molecule has 0 saturated heterocycles. The maximum absolute atomic E-state index is 5.93. The number of nitrogen functional groups attached to an aromatic ring is 1. The molecule has 0 fully saturated rings. The molecule has 0 atom stereocenters. The molecule has 1 aliphatic rings. The van der Waals surface area contributed by atoms with Gasteiger partial charge in [-0.2, -0.15) is 0 Å². The molecular formula is C20H17N6O+. The van der Waals surface area contributed by atoms with Crippen LogP contribution in [0.15, 0.2) is 76.4 Å². The fourth-order valence-electron chi connectivity index (χ4n) is 3.23. The van der Waals surface area contributed by atoms with Crippen LogP contribution in [0.1, 0.15) is 5.56 Å². The SMILES string of the molecule is Nc1cccc(-c2cccc(-c3onc4ccc(C5=N[NH2+]NN5)cc34)c2)c1. The molecule has 7 nitrogen and oxygen atoms in total. The van der Waals surface area contributed by atoms with Gasteiger partial charge in [0.2, 0.25) is 5.84 Å². The summed E-state index contributed by atoms with van der Waals surface area (Å²) in [5, 5.41) is 9.41. The molecule has 5 rings (SSSR count). The van der Waals surface area contributed by atoms with E-state index in [1.54, 1.807) is 5.53 Å². The van der Waals surface area contributed by atoms with Gasteiger partial charge in [-0.1, -0.05) is 41.0 Å². The maximum atomic E-state index is 5.93. The van der Waals surface area contributed by atoms with Crippen molar-refractivity contribution in [2.75, 3.05) is 5.73 Å². The third-order valence-electron chi connectivity index (χ3n) is 4.54. The number of nitrogens with two attached hydrogens (primary N) is 2. The van der Waals surface area contributed by atoms with Crippen molar-refractivity contribution in [2.24, 2.45) is 5.10 Å². The first-order valence-electron chi connectivity index (χ1n) is 8.55. The topological polar surface area (TPSA) is 105 Å². The molecule has 0 spiro atoms. The smallest absolute Gasteiger partial charge is 0.209 e. The van der Waals surface area contributed by atoms with Crippen molar-refractivity contribution in [3.05, 3.63) is 72.3 Å². The first-order chi connectivity index (χ1) is 13.3. The van der Waals surface area contributed by atoms with Crippen LogP contribution in [0, 0.1) is 0 Å². The minimum absolute atomic E-state index is 0.730.